The van der Waals surface area contributed by atoms with Gasteiger partial charge in [-0.05, 0) is 43.4 Å². The molecule has 3 unspecified atom stereocenters. The molecule has 94 valence electrons. The average Bonchev–Trinajstić information content (AvgIpc) is 2.33. The van der Waals surface area contributed by atoms with Crippen molar-refractivity contribution in [2.24, 2.45) is 0 Å². The van der Waals surface area contributed by atoms with E-state index in [-0.39, 0.29) is 6.10 Å². The van der Waals surface area contributed by atoms with E-state index in [2.05, 4.69) is 43.4 Å². The fourth-order valence-corrected chi connectivity index (χ4v) is 2.75. The van der Waals surface area contributed by atoms with Gasteiger partial charge in [0.1, 0.15) is 0 Å². The first-order valence-corrected chi connectivity index (χ1v) is 6.60. The molecule has 2 nitrogen and oxygen atoms in total. The van der Waals surface area contributed by atoms with Gasteiger partial charge in [0.15, 0.2) is 0 Å². The van der Waals surface area contributed by atoms with Crippen LogP contribution in [-0.4, -0.2) is 25.8 Å². The Balaban J connectivity index is 1.97. The molecule has 1 aromatic carbocycles. The van der Waals surface area contributed by atoms with Crippen LogP contribution in [0.5, 0.6) is 0 Å². The molecule has 0 radical (unpaired) electrons. The van der Waals surface area contributed by atoms with Gasteiger partial charge in [0, 0.05) is 13.2 Å². The fraction of sp³-hybridized carbons (Fsp3) is 0.600. The Morgan fingerprint density at radius 1 is 1.41 bits per heavy atom. The topological polar surface area (TPSA) is 21.3 Å². The van der Waals surface area contributed by atoms with Crippen molar-refractivity contribution in [3.05, 3.63) is 35.4 Å². The predicted molar refractivity (Wildman–Crippen MR) is 71.4 cm³/mol. The highest BCUT2D eigenvalue weighted by molar-refractivity contribution is 5.39. The lowest BCUT2D eigenvalue weighted by Gasteiger charge is -2.35. The van der Waals surface area contributed by atoms with Crippen LogP contribution in [0, 0.1) is 0 Å². The van der Waals surface area contributed by atoms with Gasteiger partial charge in [-0.15, -0.1) is 0 Å². The lowest BCUT2D eigenvalue weighted by atomic mass is 9.74. The van der Waals surface area contributed by atoms with Gasteiger partial charge in [-0.2, -0.15) is 0 Å². The zero-order valence-corrected chi connectivity index (χ0v) is 11.1. The van der Waals surface area contributed by atoms with Gasteiger partial charge in [-0.25, -0.2) is 0 Å². The van der Waals surface area contributed by atoms with Crippen molar-refractivity contribution in [1.29, 1.82) is 0 Å². The van der Waals surface area contributed by atoms with E-state index in [1.54, 1.807) is 12.7 Å². The molecule has 0 aliphatic heterocycles. The van der Waals surface area contributed by atoms with E-state index in [1.165, 1.54) is 18.4 Å². The maximum atomic E-state index is 5.46. The van der Waals surface area contributed by atoms with Gasteiger partial charge in [0.2, 0.25) is 0 Å². The molecule has 0 heterocycles. The number of hydrogen-bond acceptors (Lipinski definition) is 2. The number of nitrogens with one attached hydrogen (secondary N) is 1. The summed E-state index contributed by atoms with van der Waals surface area (Å²) >= 11 is 0. The molecule has 0 aromatic heterocycles. The lowest BCUT2D eigenvalue weighted by molar-refractivity contribution is 0.0771. The average molecular weight is 233 g/mol. The highest BCUT2D eigenvalue weighted by Crippen LogP contribution is 2.38. The number of benzene rings is 1. The van der Waals surface area contributed by atoms with Crippen LogP contribution in [0.25, 0.3) is 0 Å². The fourth-order valence-electron chi connectivity index (χ4n) is 2.75. The number of ether oxygens (including phenoxy) is 1. The Bertz CT molecular complexity index is 364. The van der Waals surface area contributed by atoms with E-state index in [9.17, 15) is 0 Å². The van der Waals surface area contributed by atoms with Crippen molar-refractivity contribution in [3.8, 4) is 0 Å². The molecule has 3 atom stereocenters. The number of likely N-dealkylation sites (N-methyl/N-ethyl adjacent to an activating group) is 1. The molecule has 0 saturated heterocycles. The predicted octanol–water partition coefficient (Wildman–Crippen LogP) is 2.73. The second-order valence-electron chi connectivity index (χ2n) is 4.94. The molecule has 1 aromatic rings. The number of hydrogen-bond donors (Lipinski definition) is 1. The molecule has 0 bridgehead atoms. The maximum absolute atomic E-state index is 5.46. The summed E-state index contributed by atoms with van der Waals surface area (Å²) in [7, 11) is 1.80. The second kappa shape index (κ2) is 5.65. The zero-order valence-electron chi connectivity index (χ0n) is 11.1. The molecular formula is C15H23NO. The Hall–Kier alpha value is -0.860. The minimum Gasteiger partial charge on any atom is -0.380 e. The van der Waals surface area contributed by atoms with Gasteiger partial charge in [0.05, 0.1) is 6.10 Å². The molecule has 0 fully saturated rings. The largest absolute Gasteiger partial charge is 0.380 e. The third-order valence-corrected chi connectivity index (χ3v) is 3.90. The van der Waals surface area contributed by atoms with Crippen LogP contribution < -0.4 is 5.32 Å². The van der Waals surface area contributed by atoms with E-state index in [0.29, 0.717) is 12.0 Å². The first-order chi connectivity index (χ1) is 8.26. The molecule has 1 N–H and O–H groups in total. The SMILES string of the molecule is CCNC(CC1Cc2ccccc21)C(C)OC. The van der Waals surface area contributed by atoms with Crippen molar-refractivity contribution in [2.75, 3.05) is 13.7 Å². The molecule has 0 spiro atoms. The normalized spacial score (nSPS) is 21.5. The van der Waals surface area contributed by atoms with Crippen molar-refractivity contribution in [3.63, 3.8) is 0 Å². The first-order valence-electron chi connectivity index (χ1n) is 6.60. The summed E-state index contributed by atoms with van der Waals surface area (Å²) in [6, 6.07) is 9.25. The van der Waals surface area contributed by atoms with Crippen LogP contribution in [0.2, 0.25) is 0 Å². The Labute approximate surface area is 104 Å². The molecule has 17 heavy (non-hydrogen) atoms. The third kappa shape index (κ3) is 2.70. The Kier molecular flexibility index (Phi) is 4.19. The number of fused-ring (bicyclic) bond motifs is 1. The van der Waals surface area contributed by atoms with Gasteiger partial charge >= 0.3 is 0 Å². The van der Waals surface area contributed by atoms with E-state index >= 15 is 0 Å². The van der Waals surface area contributed by atoms with Crippen molar-refractivity contribution < 1.29 is 4.74 Å². The quantitative estimate of drug-likeness (QED) is 0.815. The zero-order chi connectivity index (χ0) is 12.3. The van der Waals surface area contributed by atoms with Gasteiger partial charge in [0.25, 0.3) is 0 Å². The monoisotopic (exact) mass is 233 g/mol. The molecule has 1 aliphatic rings. The standard InChI is InChI=1S/C15H23NO/c1-4-16-15(11(2)17-3)10-13-9-12-7-5-6-8-14(12)13/h5-8,11,13,15-16H,4,9-10H2,1-3H3. The third-order valence-electron chi connectivity index (χ3n) is 3.90. The van der Waals surface area contributed by atoms with Crippen LogP contribution in [-0.2, 0) is 11.2 Å². The maximum Gasteiger partial charge on any atom is 0.0696 e. The van der Waals surface area contributed by atoms with Crippen molar-refractivity contribution in [1.82, 2.24) is 5.32 Å². The smallest absolute Gasteiger partial charge is 0.0696 e. The highest BCUT2D eigenvalue weighted by atomic mass is 16.5. The summed E-state index contributed by atoms with van der Waals surface area (Å²) in [5, 5.41) is 3.54. The summed E-state index contributed by atoms with van der Waals surface area (Å²) in [5.41, 5.74) is 3.07. The molecular weight excluding hydrogens is 210 g/mol. The van der Waals surface area contributed by atoms with Gasteiger partial charge in [-0.1, -0.05) is 31.2 Å². The van der Waals surface area contributed by atoms with Crippen LogP contribution in [0.4, 0.5) is 0 Å². The van der Waals surface area contributed by atoms with Gasteiger partial charge < -0.3 is 10.1 Å². The van der Waals surface area contributed by atoms with Crippen LogP contribution in [0.15, 0.2) is 24.3 Å². The molecule has 1 aliphatic carbocycles. The van der Waals surface area contributed by atoms with Crippen molar-refractivity contribution >= 4 is 0 Å². The molecule has 2 rings (SSSR count). The molecule has 0 saturated carbocycles. The summed E-state index contributed by atoms with van der Waals surface area (Å²) in [6.45, 7) is 5.31. The lowest BCUT2D eigenvalue weighted by Crippen LogP contribution is -2.41. The van der Waals surface area contributed by atoms with E-state index in [4.69, 9.17) is 4.74 Å². The summed E-state index contributed by atoms with van der Waals surface area (Å²) in [4.78, 5) is 0. The number of methoxy groups -OCH3 is 1. The van der Waals surface area contributed by atoms with Crippen LogP contribution in [0.1, 0.15) is 37.3 Å². The minimum absolute atomic E-state index is 0.280. The number of rotatable bonds is 6. The second-order valence-corrected chi connectivity index (χ2v) is 4.94. The van der Waals surface area contributed by atoms with Crippen molar-refractivity contribution in [2.45, 2.75) is 44.8 Å². The van der Waals surface area contributed by atoms with E-state index in [0.717, 1.165) is 6.54 Å². The highest BCUT2D eigenvalue weighted by Gasteiger charge is 2.29. The van der Waals surface area contributed by atoms with Gasteiger partial charge in [-0.3, -0.25) is 0 Å². The Morgan fingerprint density at radius 3 is 2.82 bits per heavy atom. The first kappa shape index (κ1) is 12.6. The Morgan fingerprint density at radius 2 is 2.18 bits per heavy atom. The van der Waals surface area contributed by atoms with Crippen LogP contribution >= 0.6 is 0 Å². The van der Waals surface area contributed by atoms with Crippen LogP contribution in [0.3, 0.4) is 0 Å². The molecule has 0 amide bonds. The summed E-state index contributed by atoms with van der Waals surface area (Å²) in [6.07, 6.45) is 2.69. The van der Waals surface area contributed by atoms with E-state index in [1.807, 2.05) is 0 Å². The minimum atomic E-state index is 0.280. The van der Waals surface area contributed by atoms with E-state index < -0.39 is 0 Å². The summed E-state index contributed by atoms with van der Waals surface area (Å²) < 4.78 is 5.46. The summed E-state index contributed by atoms with van der Waals surface area (Å²) in [5.74, 6) is 0.716. The molecule has 2 heteroatoms.